The van der Waals surface area contributed by atoms with Gasteiger partial charge >= 0.3 is 18.5 Å². The first kappa shape index (κ1) is 36.5. The Morgan fingerprint density at radius 2 is 0.500 bits per heavy atom. The Balaban J connectivity index is 1.99. The fraction of sp³-hybridized carbons (Fsp3) is 0.125. The summed E-state index contributed by atoms with van der Waals surface area (Å²) in [7, 11) is -4.10. The molecule has 0 aliphatic rings. The molecule has 0 N–H and O–H groups in total. The summed E-state index contributed by atoms with van der Waals surface area (Å²) in [6.07, 6.45) is -18.7. The maximum atomic E-state index is 15.3. The van der Waals surface area contributed by atoms with Crippen LogP contribution in [0.25, 0.3) is 32.7 Å². The molecule has 0 aliphatic carbocycles. The highest BCUT2D eigenvalue weighted by Gasteiger charge is 2.45. The molecule has 0 saturated carbocycles. The van der Waals surface area contributed by atoms with Gasteiger partial charge in [-0.05, 0) is 0 Å². The predicted molar refractivity (Wildman–Crippen MR) is 126 cm³/mol. The summed E-state index contributed by atoms with van der Waals surface area (Å²) in [5.74, 6) is -36.9. The molecule has 277 valence electrons. The molecular weight excluding hydrogens is 782 g/mol. The molecule has 3 heterocycles. The number of benzene rings is 3. The molecular formula is C24BF21N6-. The Kier molecular flexibility index (Phi) is 7.77. The standard InChI is InChI=1S/C24BF21N6/c26-4-1-16(13(35)10(32)7(4)29)50(47-19(1)22(38,39)40)25(51-17-2(20(48-51)23(41,42)43)5(27)8(30)11(33)14(17)36)52-18-3(21(49-52)24(44,45)46)6(28)9(31)12(34)15(18)37/q-1. The Morgan fingerprint density at radius 3 is 0.692 bits per heavy atom. The van der Waals surface area contributed by atoms with Crippen molar-refractivity contribution in [1.29, 1.82) is 0 Å². The van der Waals surface area contributed by atoms with E-state index >= 15 is 13.2 Å². The monoisotopic (exact) mass is 782 g/mol. The van der Waals surface area contributed by atoms with E-state index in [1.807, 2.05) is 0 Å². The average molecular weight is 782 g/mol. The summed E-state index contributed by atoms with van der Waals surface area (Å²) in [6.45, 7) is 0. The van der Waals surface area contributed by atoms with Crippen LogP contribution < -0.4 is 0 Å². The predicted octanol–water partition coefficient (Wildman–Crippen LogP) is 8.39. The summed E-state index contributed by atoms with van der Waals surface area (Å²) in [4.78, 5) is 0. The SMILES string of the molecule is Fc1c(F)c(F)c2c(c(C(F)(F)F)nn2[B-](n2nc(C(F)(F)F)c3c(F)c(F)c(F)c(F)c32)n2nc(C(F)(F)F)c3c(F)c(F)c(F)c(F)c32)c1F. The fourth-order valence-corrected chi connectivity index (χ4v) is 5.18. The summed E-state index contributed by atoms with van der Waals surface area (Å²) < 4.78 is 300. The smallest absolute Gasteiger partial charge is 0.415 e. The molecule has 6 nitrogen and oxygen atoms in total. The van der Waals surface area contributed by atoms with Crippen molar-refractivity contribution in [3.05, 3.63) is 86.9 Å². The van der Waals surface area contributed by atoms with Crippen LogP contribution in [0.1, 0.15) is 17.1 Å². The minimum atomic E-state index is -6.24. The summed E-state index contributed by atoms with van der Waals surface area (Å²) in [5, 5.41) is -0.292. The number of aromatic nitrogens is 6. The molecule has 0 atom stereocenters. The van der Waals surface area contributed by atoms with Crippen molar-refractivity contribution in [3.63, 3.8) is 0 Å². The van der Waals surface area contributed by atoms with E-state index in [1.54, 1.807) is 0 Å². The maximum Gasteiger partial charge on any atom is 0.435 e. The van der Waals surface area contributed by atoms with Crippen LogP contribution in [0.3, 0.4) is 0 Å². The van der Waals surface area contributed by atoms with Crippen molar-refractivity contribution in [1.82, 2.24) is 29.1 Å². The summed E-state index contributed by atoms with van der Waals surface area (Å²) in [6, 6.07) is 0. The highest BCUT2D eigenvalue weighted by Crippen LogP contribution is 2.43. The van der Waals surface area contributed by atoms with E-state index < -0.39 is 159 Å². The number of alkyl halides is 9. The van der Waals surface area contributed by atoms with E-state index in [9.17, 15) is 79.0 Å². The molecule has 6 aromatic rings. The zero-order chi connectivity index (χ0) is 39.1. The normalized spacial score (nSPS) is 13.3. The van der Waals surface area contributed by atoms with Crippen LogP contribution in [0.15, 0.2) is 0 Å². The van der Waals surface area contributed by atoms with Gasteiger partial charge in [-0.3, -0.25) is 0 Å². The second-order valence-corrected chi connectivity index (χ2v) is 10.2. The first-order valence-electron chi connectivity index (χ1n) is 12.7. The number of rotatable bonds is 3. The topological polar surface area (TPSA) is 53.5 Å². The molecule has 0 unspecified atom stereocenters. The second-order valence-electron chi connectivity index (χ2n) is 10.2. The van der Waals surface area contributed by atoms with E-state index in [1.165, 1.54) is 0 Å². The van der Waals surface area contributed by atoms with Crippen molar-refractivity contribution in [2.45, 2.75) is 18.5 Å². The van der Waals surface area contributed by atoms with Crippen LogP contribution >= 0.6 is 0 Å². The van der Waals surface area contributed by atoms with Crippen molar-refractivity contribution in [3.8, 4) is 0 Å². The van der Waals surface area contributed by atoms with Crippen molar-refractivity contribution in [2.75, 3.05) is 0 Å². The summed E-state index contributed by atoms with van der Waals surface area (Å²) >= 11 is 0. The third-order valence-corrected chi connectivity index (χ3v) is 7.21. The van der Waals surface area contributed by atoms with Crippen molar-refractivity contribution in [2.24, 2.45) is 0 Å². The van der Waals surface area contributed by atoms with Gasteiger partial charge in [0.1, 0.15) is 0 Å². The van der Waals surface area contributed by atoms with E-state index in [0.29, 0.717) is 0 Å². The van der Waals surface area contributed by atoms with Gasteiger partial charge in [0.25, 0.3) is 7.12 Å². The van der Waals surface area contributed by atoms with Gasteiger partial charge in [-0.15, -0.1) is 0 Å². The van der Waals surface area contributed by atoms with Gasteiger partial charge in [-0.2, -0.15) is 39.5 Å². The molecule has 0 spiro atoms. The minimum Gasteiger partial charge on any atom is -0.415 e. The third-order valence-electron chi connectivity index (χ3n) is 7.21. The molecule has 3 aromatic heterocycles. The number of hydrogen-bond acceptors (Lipinski definition) is 3. The molecule has 0 aliphatic heterocycles. The van der Waals surface area contributed by atoms with Crippen LogP contribution in [0.4, 0.5) is 92.2 Å². The highest BCUT2D eigenvalue weighted by atomic mass is 19.4. The van der Waals surface area contributed by atoms with Gasteiger partial charge in [0.2, 0.25) is 0 Å². The van der Waals surface area contributed by atoms with Gasteiger partial charge in [0, 0.05) is 0 Å². The van der Waals surface area contributed by atoms with Gasteiger partial charge in [0.05, 0.1) is 32.7 Å². The van der Waals surface area contributed by atoms with E-state index in [4.69, 9.17) is 0 Å². The lowest BCUT2D eigenvalue weighted by atomic mass is 9.92. The van der Waals surface area contributed by atoms with Gasteiger partial charge in [-0.25, -0.2) is 68.0 Å². The quantitative estimate of drug-likeness (QED) is 0.0785. The van der Waals surface area contributed by atoms with Crippen molar-refractivity contribution >= 4 is 39.8 Å². The van der Waals surface area contributed by atoms with Gasteiger partial charge in [0.15, 0.2) is 86.9 Å². The zero-order valence-corrected chi connectivity index (χ0v) is 23.2. The van der Waals surface area contributed by atoms with Crippen LogP contribution in [0.2, 0.25) is 0 Å². The zero-order valence-electron chi connectivity index (χ0n) is 23.2. The Morgan fingerprint density at radius 1 is 0.308 bits per heavy atom. The minimum absolute atomic E-state index is 1.19. The first-order valence-corrected chi connectivity index (χ1v) is 12.7. The first-order chi connectivity index (χ1) is 23.7. The second kappa shape index (κ2) is 11.1. The fourth-order valence-electron chi connectivity index (χ4n) is 5.18. The number of halogens is 21. The van der Waals surface area contributed by atoms with E-state index in [2.05, 4.69) is 15.3 Å². The maximum absolute atomic E-state index is 15.3. The lowest BCUT2D eigenvalue weighted by molar-refractivity contribution is -0.140. The number of hydrogen-bond donors (Lipinski definition) is 0. The van der Waals surface area contributed by atoms with Gasteiger partial charge < -0.3 is 13.8 Å². The molecule has 52 heavy (non-hydrogen) atoms. The lowest BCUT2D eigenvalue weighted by Gasteiger charge is -2.32. The Labute approximate surface area is 267 Å². The number of fused-ring (bicyclic) bond motifs is 3. The van der Waals surface area contributed by atoms with E-state index in [0.717, 1.165) is 0 Å². The van der Waals surface area contributed by atoms with Crippen molar-refractivity contribution < 1.29 is 92.2 Å². The van der Waals surface area contributed by atoms with E-state index in [-0.39, 0.29) is 0 Å². The van der Waals surface area contributed by atoms with Gasteiger partial charge in [-0.1, -0.05) is 0 Å². The van der Waals surface area contributed by atoms with Crippen LogP contribution in [-0.4, -0.2) is 36.2 Å². The van der Waals surface area contributed by atoms with Crippen LogP contribution in [0.5, 0.6) is 0 Å². The highest BCUT2D eigenvalue weighted by molar-refractivity contribution is 6.56. The molecule has 0 bridgehead atoms. The summed E-state index contributed by atoms with van der Waals surface area (Å²) in [5.41, 5.74) is -16.5. The molecule has 0 amide bonds. The molecule has 3 aromatic carbocycles. The lowest BCUT2D eigenvalue weighted by Crippen LogP contribution is -2.45. The molecule has 1 radical (unpaired) electrons. The average Bonchev–Trinajstić information content (AvgIpc) is 3.76. The van der Waals surface area contributed by atoms with Crippen LogP contribution in [-0.2, 0) is 18.5 Å². The molecule has 0 saturated heterocycles. The largest absolute Gasteiger partial charge is 0.435 e. The van der Waals surface area contributed by atoms with Crippen LogP contribution in [0, 0.1) is 69.8 Å². The number of nitrogens with zero attached hydrogens (tertiary/aromatic N) is 6. The Hall–Kier alpha value is -5.34. The molecule has 28 heteroatoms. The third kappa shape index (κ3) is 4.84. The Bertz CT molecular complexity index is 2250. The molecule has 0 fully saturated rings. The molecule has 6 rings (SSSR count).